The highest BCUT2D eigenvalue weighted by Crippen LogP contribution is 2.21. The maximum atomic E-state index is 12.4. The number of ether oxygens (including phenoxy) is 1. The number of nitrogens with zero attached hydrogens (tertiary/aromatic N) is 2. The van der Waals surface area contributed by atoms with Gasteiger partial charge < -0.3 is 4.74 Å². The first-order valence-corrected chi connectivity index (χ1v) is 8.07. The molecule has 1 aliphatic rings. The summed E-state index contributed by atoms with van der Waals surface area (Å²) in [5, 5.41) is 0. The molecular formula is C13H20N2O3S. The molecular weight excluding hydrogens is 264 g/mol. The van der Waals surface area contributed by atoms with Gasteiger partial charge in [-0.3, -0.25) is 0 Å². The molecule has 19 heavy (non-hydrogen) atoms. The van der Waals surface area contributed by atoms with E-state index in [0.29, 0.717) is 19.0 Å². The number of aromatic nitrogens is 1. The molecule has 106 valence electrons. The van der Waals surface area contributed by atoms with Crippen molar-refractivity contribution in [2.45, 2.75) is 44.1 Å². The molecule has 1 fully saturated rings. The Hall–Kier alpha value is -1.14. The van der Waals surface area contributed by atoms with Gasteiger partial charge in [0.15, 0.2) is 0 Å². The first-order valence-electron chi connectivity index (χ1n) is 6.63. The van der Waals surface area contributed by atoms with Crippen LogP contribution in [0.1, 0.15) is 33.1 Å². The highest BCUT2D eigenvalue weighted by Gasteiger charge is 2.26. The molecule has 6 heteroatoms. The van der Waals surface area contributed by atoms with Gasteiger partial charge >= 0.3 is 0 Å². The van der Waals surface area contributed by atoms with Gasteiger partial charge in [-0.1, -0.05) is 6.42 Å². The summed E-state index contributed by atoms with van der Waals surface area (Å²) in [5.41, 5.74) is 0. The summed E-state index contributed by atoms with van der Waals surface area (Å²) in [5.74, 6) is 0.451. The third-order valence-electron chi connectivity index (χ3n) is 3.02. The topological polar surface area (TPSA) is 59.5 Å². The van der Waals surface area contributed by atoms with E-state index in [1.54, 1.807) is 12.1 Å². The first-order chi connectivity index (χ1) is 9.00. The molecule has 5 nitrogen and oxygen atoms in total. The molecule has 0 atom stereocenters. The summed E-state index contributed by atoms with van der Waals surface area (Å²) in [6.45, 7) is 5.01. The lowest BCUT2D eigenvalue weighted by molar-refractivity contribution is 0.232. The Morgan fingerprint density at radius 2 is 1.89 bits per heavy atom. The Kier molecular flexibility index (Phi) is 4.42. The van der Waals surface area contributed by atoms with Crippen molar-refractivity contribution in [2.24, 2.45) is 0 Å². The standard InChI is InChI=1S/C13H20N2O3S/c1-11(2)18-13-7-6-12(10-14-13)19(16,17)15-8-4-3-5-9-15/h6-7,10-11H,3-5,8-9H2,1-2H3. The molecule has 0 spiro atoms. The van der Waals surface area contributed by atoms with Crippen LogP contribution < -0.4 is 4.74 Å². The second-order valence-corrected chi connectivity index (χ2v) is 6.90. The fraction of sp³-hybridized carbons (Fsp3) is 0.615. The van der Waals surface area contributed by atoms with Crippen LogP contribution in [0.5, 0.6) is 5.88 Å². The molecule has 0 aliphatic carbocycles. The van der Waals surface area contributed by atoms with Crippen LogP contribution in [-0.4, -0.2) is 36.9 Å². The first kappa shape index (κ1) is 14.3. The van der Waals surface area contributed by atoms with E-state index in [-0.39, 0.29) is 11.0 Å². The molecule has 1 saturated heterocycles. The molecule has 0 amide bonds. The van der Waals surface area contributed by atoms with Crippen molar-refractivity contribution in [3.8, 4) is 5.88 Å². The minimum absolute atomic E-state index is 0.0250. The Bertz CT molecular complexity index is 505. The van der Waals surface area contributed by atoms with Crippen LogP contribution in [0.2, 0.25) is 0 Å². The van der Waals surface area contributed by atoms with E-state index in [1.807, 2.05) is 13.8 Å². The third-order valence-corrected chi connectivity index (χ3v) is 4.90. The van der Waals surface area contributed by atoms with Gasteiger partial charge in [-0.05, 0) is 32.8 Å². The molecule has 1 aliphatic heterocycles. The van der Waals surface area contributed by atoms with Crippen LogP contribution in [0.25, 0.3) is 0 Å². The average molecular weight is 284 g/mol. The van der Waals surface area contributed by atoms with Gasteiger partial charge in [0.25, 0.3) is 0 Å². The van der Waals surface area contributed by atoms with E-state index in [2.05, 4.69) is 4.98 Å². The molecule has 0 N–H and O–H groups in total. The number of rotatable bonds is 4. The molecule has 0 radical (unpaired) electrons. The van der Waals surface area contributed by atoms with Crippen molar-refractivity contribution in [3.63, 3.8) is 0 Å². The smallest absolute Gasteiger partial charge is 0.244 e. The molecule has 1 aromatic heterocycles. The predicted molar refractivity (Wildman–Crippen MR) is 72.6 cm³/mol. The monoisotopic (exact) mass is 284 g/mol. The Balaban J connectivity index is 2.16. The van der Waals surface area contributed by atoms with Crippen molar-refractivity contribution >= 4 is 10.0 Å². The molecule has 1 aromatic rings. The Morgan fingerprint density at radius 1 is 1.21 bits per heavy atom. The molecule has 2 rings (SSSR count). The van der Waals surface area contributed by atoms with Crippen molar-refractivity contribution in [1.82, 2.24) is 9.29 Å². The molecule has 2 heterocycles. The summed E-state index contributed by atoms with van der Waals surface area (Å²) >= 11 is 0. The number of hydrogen-bond acceptors (Lipinski definition) is 4. The summed E-state index contributed by atoms with van der Waals surface area (Å²) in [6, 6.07) is 3.17. The van der Waals surface area contributed by atoms with Crippen molar-refractivity contribution < 1.29 is 13.2 Å². The summed E-state index contributed by atoms with van der Waals surface area (Å²) in [7, 11) is -3.39. The number of pyridine rings is 1. The van der Waals surface area contributed by atoms with E-state index in [0.717, 1.165) is 19.3 Å². The van der Waals surface area contributed by atoms with E-state index >= 15 is 0 Å². The van der Waals surface area contributed by atoms with E-state index in [1.165, 1.54) is 10.5 Å². The highest BCUT2D eigenvalue weighted by atomic mass is 32.2. The zero-order valence-corrected chi connectivity index (χ0v) is 12.2. The lowest BCUT2D eigenvalue weighted by atomic mass is 10.2. The van der Waals surface area contributed by atoms with Crippen LogP contribution in [0.3, 0.4) is 0 Å². The fourth-order valence-corrected chi connectivity index (χ4v) is 3.55. The van der Waals surface area contributed by atoms with Crippen molar-refractivity contribution in [1.29, 1.82) is 0 Å². The maximum absolute atomic E-state index is 12.4. The lowest BCUT2D eigenvalue weighted by Crippen LogP contribution is -2.35. The normalized spacial score (nSPS) is 17.6. The SMILES string of the molecule is CC(C)Oc1ccc(S(=O)(=O)N2CCCCC2)cn1. The minimum atomic E-state index is -3.39. The summed E-state index contributed by atoms with van der Waals surface area (Å²) in [4.78, 5) is 4.29. The van der Waals surface area contributed by atoms with Crippen LogP contribution in [0, 0.1) is 0 Å². The van der Waals surface area contributed by atoms with Gasteiger partial charge in [-0.2, -0.15) is 4.31 Å². The number of piperidine rings is 1. The van der Waals surface area contributed by atoms with Gasteiger partial charge in [0.2, 0.25) is 15.9 Å². The average Bonchev–Trinajstić information content (AvgIpc) is 2.40. The Labute approximate surface area is 114 Å². The van der Waals surface area contributed by atoms with Crippen LogP contribution in [0.15, 0.2) is 23.2 Å². The largest absolute Gasteiger partial charge is 0.475 e. The lowest BCUT2D eigenvalue weighted by Gasteiger charge is -2.25. The van der Waals surface area contributed by atoms with Crippen LogP contribution in [0.4, 0.5) is 0 Å². The van der Waals surface area contributed by atoms with Gasteiger partial charge in [-0.15, -0.1) is 0 Å². The van der Waals surface area contributed by atoms with E-state index in [9.17, 15) is 8.42 Å². The predicted octanol–water partition coefficient (Wildman–Crippen LogP) is 2.04. The van der Waals surface area contributed by atoms with E-state index in [4.69, 9.17) is 4.74 Å². The van der Waals surface area contributed by atoms with Gasteiger partial charge in [0.05, 0.1) is 12.3 Å². The molecule has 0 aromatic carbocycles. The summed E-state index contributed by atoms with van der Waals surface area (Å²) < 4.78 is 31.7. The van der Waals surface area contributed by atoms with E-state index < -0.39 is 10.0 Å². The number of hydrogen-bond donors (Lipinski definition) is 0. The van der Waals surface area contributed by atoms with Gasteiger partial charge in [-0.25, -0.2) is 13.4 Å². The quantitative estimate of drug-likeness (QED) is 0.849. The second-order valence-electron chi connectivity index (χ2n) is 4.96. The zero-order chi connectivity index (χ0) is 13.9. The molecule has 0 saturated carbocycles. The Morgan fingerprint density at radius 3 is 2.42 bits per heavy atom. The van der Waals surface area contributed by atoms with Crippen LogP contribution >= 0.6 is 0 Å². The van der Waals surface area contributed by atoms with Gasteiger partial charge in [0.1, 0.15) is 4.90 Å². The highest BCUT2D eigenvalue weighted by molar-refractivity contribution is 7.89. The fourth-order valence-electron chi connectivity index (χ4n) is 2.08. The van der Waals surface area contributed by atoms with Crippen molar-refractivity contribution in [2.75, 3.05) is 13.1 Å². The number of sulfonamides is 1. The summed E-state index contributed by atoms with van der Waals surface area (Å²) in [6.07, 6.45) is 4.37. The van der Waals surface area contributed by atoms with Crippen LogP contribution in [-0.2, 0) is 10.0 Å². The molecule has 0 bridgehead atoms. The second kappa shape index (κ2) is 5.88. The van der Waals surface area contributed by atoms with Crippen molar-refractivity contribution in [3.05, 3.63) is 18.3 Å². The maximum Gasteiger partial charge on any atom is 0.244 e. The minimum Gasteiger partial charge on any atom is -0.475 e. The van der Waals surface area contributed by atoms with Gasteiger partial charge in [0, 0.05) is 19.2 Å². The zero-order valence-electron chi connectivity index (χ0n) is 11.4. The molecule has 0 unspecified atom stereocenters. The third kappa shape index (κ3) is 3.45.